The van der Waals surface area contributed by atoms with Crippen LogP contribution < -0.4 is 0 Å². The van der Waals surface area contributed by atoms with Crippen molar-refractivity contribution in [2.24, 2.45) is 0 Å². The van der Waals surface area contributed by atoms with Crippen molar-refractivity contribution in [3.05, 3.63) is 144 Å². The molecule has 0 saturated carbocycles. The van der Waals surface area contributed by atoms with Crippen LogP contribution >= 0.6 is 0 Å². The molecule has 5 aromatic carbocycles. The summed E-state index contributed by atoms with van der Waals surface area (Å²) in [5.74, 6) is 0. The van der Waals surface area contributed by atoms with E-state index in [-0.39, 0.29) is 32.7 Å². The number of benzene rings is 5. The molecule has 0 unspecified atom stereocenters. The quantitative estimate of drug-likeness (QED) is 0.252. The molecule has 0 fully saturated rings. The third kappa shape index (κ3) is 2.61. The summed E-state index contributed by atoms with van der Waals surface area (Å²) in [7, 11) is 0. The second-order valence-corrected chi connectivity index (χ2v) is 7.56. The van der Waals surface area contributed by atoms with E-state index in [9.17, 15) is 0 Å². The van der Waals surface area contributed by atoms with E-state index in [0.717, 1.165) is 11.1 Å². The molecule has 0 N–H and O–H groups in total. The zero-order valence-electron chi connectivity index (χ0n) is 16.5. The molecule has 0 aliphatic heterocycles. The van der Waals surface area contributed by atoms with Crippen LogP contribution in [0, 0.1) is 12.1 Å². The summed E-state index contributed by atoms with van der Waals surface area (Å²) in [5, 5.41) is 2.55. The number of hydrogen-bond acceptors (Lipinski definition) is 0. The zero-order chi connectivity index (χ0) is 19.3. The molecule has 0 amide bonds. The van der Waals surface area contributed by atoms with E-state index < -0.39 is 5.41 Å². The first kappa shape index (κ1) is 19.4. The van der Waals surface area contributed by atoms with Crippen molar-refractivity contribution in [3.63, 3.8) is 0 Å². The van der Waals surface area contributed by atoms with E-state index in [2.05, 4.69) is 97.1 Å². The molecule has 0 nitrogen and oxygen atoms in total. The maximum Gasteiger partial charge on any atom is 0.0272 e. The van der Waals surface area contributed by atoms with E-state index >= 15 is 0 Å². The fourth-order valence-corrected chi connectivity index (χ4v) is 5.04. The first-order chi connectivity index (χ1) is 14.4. The third-order valence-corrected chi connectivity index (χ3v) is 6.15. The van der Waals surface area contributed by atoms with Gasteiger partial charge in [0.2, 0.25) is 0 Å². The monoisotopic (exact) mass is 455 g/mol. The van der Waals surface area contributed by atoms with Crippen molar-refractivity contribution < 1.29 is 32.7 Å². The summed E-state index contributed by atoms with van der Waals surface area (Å²) in [6, 6.07) is 45.9. The van der Waals surface area contributed by atoms with E-state index in [4.69, 9.17) is 0 Å². The molecule has 1 radical (unpaired) electrons. The molecule has 139 valence electrons. The van der Waals surface area contributed by atoms with Crippen molar-refractivity contribution in [1.82, 2.24) is 0 Å². The minimum Gasteiger partial charge on any atom is -0.179 e. The molecule has 1 heteroatoms. The molecule has 0 spiro atoms. The van der Waals surface area contributed by atoms with Crippen LogP contribution in [0.5, 0.6) is 0 Å². The van der Waals surface area contributed by atoms with Crippen LogP contribution in [-0.4, -0.2) is 0 Å². The molecule has 0 atom stereocenters. The molecule has 0 saturated heterocycles. The largest absolute Gasteiger partial charge is 0.179 e. The molecule has 1 aliphatic carbocycles. The van der Waals surface area contributed by atoms with E-state index in [1.165, 1.54) is 33.0 Å². The minimum atomic E-state index is -0.435. The van der Waals surface area contributed by atoms with Crippen molar-refractivity contribution in [2.75, 3.05) is 0 Å². The second-order valence-electron chi connectivity index (χ2n) is 7.56. The SMILES string of the molecule is [Y].[c-]1ccccc1C1(c2[c-]cccc2)c2ccccc2-c2ccc3ccccc3c21. The minimum absolute atomic E-state index is 0. The maximum absolute atomic E-state index is 3.58. The molecule has 30 heavy (non-hydrogen) atoms. The van der Waals surface area contributed by atoms with Crippen molar-refractivity contribution in [3.8, 4) is 11.1 Å². The Hall–Kier alpha value is -2.54. The average Bonchev–Trinajstić information content (AvgIpc) is 3.12. The summed E-state index contributed by atoms with van der Waals surface area (Å²) in [4.78, 5) is 0. The molecule has 0 bridgehead atoms. The number of hydrogen-bond donors (Lipinski definition) is 0. The molecule has 5 aromatic rings. The second kappa shape index (κ2) is 7.62. The van der Waals surface area contributed by atoms with Crippen LogP contribution in [0.4, 0.5) is 0 Å². The third-order valence-electron chi connectivity index (χ3n) is 6.15. The Kier molecular flexibility index (Phi) is 4.93. The van der Waals surface area contributed by atoms with Crippen molar-refractivity contribution in [1.29, 1.82) is 0 Å². The van der Waals surface area contributed by atoms with Crippen molar-refractivity contribution in [2.45, 2.75) is 5.41 Å². The Morgan fingerprint density at radius 1 is 0.533 bits per heavy atom. The summed E-state index contributed by atoms with van der Waals surface area (Å²) in [6.45, 7) is 0. The Bertz CT molecular complexity index is 1300. The topological polar surface area (TPSA) is 0 Å². The normalized spacial score (nSPS) is 13.3. The zero-order valence-corrected chi connectivity index (χ0v) is 19.3. The van der Waals surface area contributed by atoms with E-state index in [1.54, 1.807) is 0 Å². The first-order valence-electron chi connectivity index (χ1n) is 9.97. The molecule has 0 aromatic heterocycles. The van der Waals surface area contributed by atoms with Crippen LogP contribution in [0.25, 0.3) is 21.9 Å². The fraction of sp³-hybridized carbons (Fsp3) is 0.0345. The van der Waals surface area contributed by atoms with Gasteiger partial charge in [-0.3, -0.25) is 0 Å². The van der Waals surface area contributed by atoms with Gasteiger partial charge in [-0.25, -0.2) is 0 Å². The van der Waals surface area contributed by atoms with Gasteiger partial charge in [0.1, 0.15) is 0 Å². The van der Waals surface area contributed by atoms with Crippen molar-refractivity contribution >= 4 is 10.8 Å². The molecule has 0 heterocycles. The van der Waals surface area contributed by atoms with Gasteiger partial charge in [0, 0.05) is 38.1 Å². The predicted octanol–water partition coefficient (Wildman–Crippen LogP) is 6.80. The summed E-state index contributed by atoms with van der Waals surface area (Å²) in [6.07, 6.45) is 0. The molecular formula is C29H18Y-2. The van der Waals surface area contributed by atoms with Crippen LogP contribution in [0.15, 0.2) is 109 Å². The van der Waals surface area contributed by atoms with Crippen LogP contribution in [0.3, 0.4) is 0 Å². The Balaban J connectivity index is 0.00000193. The smallest absolute Gasteiger partial charge is 0.0272 e. The summed E-state index contributed by atoms with van der Waals surface area (Å²) < 4.78 is 0. The van der Waals surface area contributed by atoms with Gasteiger partial charge in [-0.2, -0.15) is 60.7 Å². The van der Waals surface area contributed by atoms with Gasteiger partial charge < -0.3 is 0 Å². The van der Waals surface area contributed by atoms with Gasteiger partial charge in [-0.15, -0.1) is 11.1 Å². The van der Waals surface area contributed by atoms with Gasteiger partial charge >= 0.3 is 0 Å². The average molecular weight is 455 g/mol. The van der Waals surface area contributed by atoms with Crippen LogP contribution in [0.2, 0.25) is 0 Å². The molecule has 1 aliphatic rings. The van der Waals surface area contributed by atoms with Crippen LogP contribution in [0.1, 0.15) is 22.3 Å². The van der Waals surface area contributed by atoms with Gasteiger partial charge in [-0.05, 0) is 33.0 Å². The number of rotatable bonds is 2. The van der Waals surface area contributed by atoms with E-state index in [0.29, 0.717) is 0 Å². The summed E-state index contributed by atoms with van der Waals surface area (Å²) >= 11 is 0. The standard InChI is InChI=1S/C29H18.Y/c1-3-12-22(13-4-1)29(23-14-5-2-6-15-23)27-18-10-9-17-25(27)26-20-19-21-11-7-8-16-24(21)28(26)29;/h1-12,14,16-20H;/q-2;. The Morgan fingerprint density at radius 3 is 1.87 bits per heavy atom. The number of fused-ring (bicyclic) bond motifs is 5. The maximum atomic E-state index is 3.58. The van der Waals surface area contributed by atoms with Crippen LogP contribution in [-0.2, 0) is 38.1 Å². The Labute approximate surface area is 202 Å². The van der Waals surface area contributed by atoms with Gasteiger partial charge in [-0.1, -0.05) is 60.7 Å². The molecular weight excluding hydrogens is 437 g/mol. The predicted molar refractivity (Wildman–Crippen MR) is 119 cm³/mol. The van der Waals surface area contributed by atoms with Gasteiger partial charge in [0.15, 0.2) is 0 Å². The van der Waals surface area contributed by atoms with Gasteiger partial charge in [0.25, 0.3) is 0 Å². The summed E-state index contributed by atoms with van der Waals surface area (Å²) in [5.41, 5.74) is 7.11. The fourth-order valence-electron chi connectivity index (χ4n) is 5.04. The first-order valence-corrected chi connectivity index (χ1v) is 9.97. The van der Waals surface area contributed by atoms with E-state index in [1.807, 2.05) is 24.3 Å². The Morgan fingerprint density at radius 2 is 1.17 bits per heavy atom. The molecule has 6 rings (SSSR count). The van der Waals surface area contributed by atoms with Gasteiger partial charge in [0.05, 0.1) is 0 Å².